The van der Waals surface area contributed by atoms with Gasteiger partial charge < -0.3 is 0 Å². The van der Waals surface area contributed by atoms with Gasteiger partial charge in [0.2, 0.25) is 0 Å². The summed E-state index contributed by atoms with van der Waals surface area (Å²) in [5, 5.41) is 12.3. The van der Waals surface area contributed by atoms with Gasteiger partial charge >= 0.3 is 0 Å². The van der Waals surface area contributed by atoms with Gasteiger partial charge in [0.05, 0.1) is 6.07 Å². The summed E-state index contributed by atoms with van der Waals surface area (Å²) in [5.41, 5.74) is 2.41. The van der Waals surface area contributed by atoms with E-state index >= 15 is 0 Å². The minimum Gasteiger partial charge on any atom is -0.292 e. The topological polar surface area (TPSA) is 40.9 Å². The van der Waals surface area contributed by atoms with Gasteiger partial charge in [0, 0.05) is 21.0 Å². The van der Waals surface area contributed by atoms with Crippen LogP contribution in [0.5, 0.6) is 0 Å². The van der Waals surface area contributed by atoms with E-state index in [1.807, 2.05) is 60.8 Å². The number of rotatable bonds is 3. The van der Waals surface area contributed by atoms with Gasteiger partial charge in [0.25, 0.3) is 0 Å². The molecule has 2 aromatic carbocycles. The summed E-state index contributed by atoms with van der Waals surface area (Å²) in [5.74, 6) is -0.867. The first kappa shape index (κ1) is 13.5. The maximum atomic E-state index is 12.8. The summed E-state index contributed by atoms with van der Waals surface area (Å²) < 4.78 is 1.07. The quantitative estimate of drug-likeness (QED) is 0.656. The summed E-state index contributed by atoms with van der Waals surface area (Å²) in [6.45, 7) is 1.93. The van der Waals surface area contributed by atoms with Gasteiger partial charge in [-0.2, -0.15) is 5.26 Å². The molecule has 0 radical (unpaired) electrons. The third-order valence-corrected chi connectivity index (χ3v) is 4.60. The molecule has 3 rings (SSSR count). The lowest BCUT2D eigenvalue weighted by molar-refractivity contribution is 0.0980. The average molecular weight is 291 g/mol. The third kappa shape index (κ3) is 2.35. The van der Waals surface area contributed by atoms with Crippen LogP contribution in [-0.4, -0.2) is 5.78 Å². The fraction of sp³-hybridized carbons (Fsp3) is 0.111. The molecule has 0 saturated heterocycles. The summed E-state index contributed by atoms with van der Waals surface area (Å²) in [6.07, 6.45) is 0. The predicted octanol–water partition coefficient (Wildman–Crippen LogP) is 4.70. The second kappa shape index (κ2) is 5.51. The second-order valence-electron chi connectivity index (χ2n) is 4.93. The highest BCUT2D eigenvalue weighted by molar-refractivity contribution is 7.17. The van der Waals surface area contributed by atoms with E-state index in [4.69, 9.17) is 0 Å². The van der Waals surface area contributed by atoms with Gasteiger partial charge in [-0.3, -0.25) is 4.79 Å². The van der Waals surface area contributed by atoms with Gasteiger partial charge in [-0.05, 0) is 24.1 Å². The fourth-order valence-corrected chi connectivity index (χ4v) is 3.45. The van der Waals surface area contributed by atoms with E-state index in [0.29, 0.717) is 5.56 Å². The number of thiophene rings is 1. The van der Waals surface area contributed by atoms with Crippen LogP contribution in [0.25, 0.3) is 10.1 Å². The van der Waals surface area contributed by atoms with Crippen LogP contribution in [0.4, 0.5) is 0 Å². The molecule has 0 bridgehead atoms. The Morgan fingerprint density at radius 3 is 2.62 bits per heavy atom. The van der Waals surface area contributed by atoms with Crippen molar-refractivity contribution in [2.24, 2.45) is 0 Å². The number of ketones is 1. The normalized spacial score (nSPS) is 12.0. The van der Waals surface area contributed by atoms with Crippen LogP contribution in [-0.2, 0) is 0 Å². The lowest BCUT2D eigenvalue weighted by atomic mass is 9.89. The first-order valence-corrected chi connectivity index (χ1v) is 7.56. The predicted molar refractivity (Wildman–Crippen MR) is 85.7 cm³/mol. The van der Waals surface area contributed by atoms with Crippen LogP contribution in [0.15, 0.2) is 53.9 Å². The molecule has 0 fully saturated rings. The zero-order valence-electron chi connectivity index (χ0n) is 11.5. The Morgan fingerprint density at radius 1 is 1.14 bits per heavy atom. The molecule has 2 nitrogen and oxygen atoms in total. The van der Waals surface area contributed by atoms with Crippen molar-refractivity contribution in [3.05, 3.63) is 70.6 Å². The molecule has 21 heavy (non-hydrogen) atoms. The fourth-order valence-electron chi connectivity index (χ4n) is 2.50. The van der Waals surface area contributed by atoms with Gasteiger partial charge in [0.1, 0.15) is 5.92 Å². The van der Waals surface area contributed by atoms with E-state index in [-0.39, 0.29) is 5.78 Å². The molecule has 0 aliphatic rings. The number of carbonyl (C=O) groups is 1. The summed E-state index contributed by atoms with van der Waals surface area (Å²) in [7, 11) is 0. The van der Waals surface area contributed by atoms with Crippen molar-refractivity contribution in [3.63, 3.8) is 0 Å². The summed E-state index contributed by atoms with van der Waals surface area (Å²) >= 11 is 1.54. The van der Waals surface area contributed by atoms with Crippen LogP contribution >= 0.6 is 11.3 Å². The molecule has 0 spiro atoms. The van der Waals surface area contributed by atoms with E-state index in [2.05, 4.69) is 6.07 Å². The Balaban J connectivity index is 2.08. The number of nitrogens with zero attached hydrogens (tertiary/aromatic N) is 1. The Hall–Kier alpha value is -2.44. The molecule has 0 aliphatic heterocycles. The SMILES string of the molecule is Cc1ccccc1C(C#N)C(=O)c1csc2ccccc12. The van der Waals surface area contributed by atoms with E-state index in [1.54, 1.807) is 0 Å². The molecule has 1 unspecified atom stereocenters. The number of Topliss-reactive ketones (excluding diaryl/α,β-unsaturated/α-hetero) is 1. The summed E-state index contributed by atoms with van der Waals surface area (Å²) in [6, 6.07) is 17.5. The van der Waals surface area contributed by atoms with Crippen molar-refractivity contribution in [1.82, 2.24) is 0 Å². The monoisotopic (exact) mass is 291 g/mol. The molecule has 3 aromatic rings. The van der Waals surface area contributed by atoms with Crippen LogP contribution in [0.1, 0.15) is 27.4 Å². The molecular formula is C18H13NOS. The first-order valence-electron chi connectivity index (χ1n) is 6.68. The van der Waals surface area contributed by atoms with Gasteiger partial charge in [0.15, 0.2) is 5.78 Å². The van der Waals surface area contributed by atoms with Gasteiger partial charge in [-0.15, -0.1) is 11.3 Å². The van der Waals surface area contributed by atoms with E-state index < -0.39 is 5.92 Å². The smallest absolute Gasteiger partial charge is 0.185 e. The van der Waals surface area contributed by atoms with Gasteiger partial charge in [-0.25, -0.2) is 0 Å². The first-order chi connectivity index (χ1) is 10.2. The number of nitriles is 1. The lowest BCUT2D eigenvalue weighted by Gasteiger charge is -2.11. The molecule has 0 saturated carbocycles. The zero-order chi connectivity index (χ0) is 14.8. The van der Waals surface area contributed by atoms with E-state index in [9.17, 15) is 10.1 Å². The number of carbonyl (C=O) groups excluding carboxylic acids is 1. The van der Waals surface area contributed by atoms with Crippen molar-refractivity contribution >= 4 is 27.2 Å². The maximum Gasteiger partial charge on any atom is 0.185 e. The number of aryl methyl sites for hydroxylation is 1. The van der Waals surface area contributed by atoms with Crippen molar-refractivity contribution in [2.45, 2.75) is 12.8 Å². The Labute approximate surface area is 127 Å². The molecule has 0 aliphatic carbocycles. The third-order valence-electron chi connectivity index (χ3n) is 3.64. The second-order valence-corrected chi connectivity index (χ2v) is 5.84. The highest BCUT2D eigenvalue weighted by Crippen LogP contribution is 2.31. The Kier molecular flexibility index (Phi) is 3.55. The number of hydrogen-bond acceptors (Lipinski definition) is 3. The van der Waals surface area contributed by atoms with Crippen molar-refractivity contribution in [3.8, 4) is 6.07 Å². The largest absolute Gasteiger partial charge is 0.292 e. The molecule has 0 amide bonds. The van der Waals surface area contributed by atoms with Gasteiger partial charge in [-0.1, -0.05) is 42.5 Å². The molecular weight excluding hydrogens is 278 g/mol. The van der Waals surface area contributed by atoms with E-state index in [1.165, 1.54) is 11.3 Å². The maximum absolute atomic E-state index is 12.8. The van der Waals surface area contributed by atoms with Crippen molar-refractivity contribution < 1.29 is 4.79 Å². The molecule has 102 valence electrons. The average Bonchev–Trinajstić information content (AvgIpc) is 2.93. The number of hydrogen-bond donors (Lipinski definition) is 0. The molecule has 1 atom stereocenters. The Bertz CT molecular complexity index is 857. The molecule has 1 aromatic heterocycles. The minimum atomic E-state index is -0.746. The van der Waals surface area contributed by atoms with Crippen molar-refractivity contribution in [1.29, 1.82) is 5.26 Å². The van der Waals surface area contributed by atoms with E-state index in [0.717, 1.165) is 21.2 Å². The van der Waals surface area contributed by atoms with Crippen molar-refractivity contribution in [2.75, 3.05) is 0 Å². The lowest BCUT2D eigenvalue weighted by Crippen LogP contribution is -2.12. The van der Waals surface area contributed by atoms with Crippen LogP contribution in [0, 0.1) is 18.3 Å². The van der Waals surface area contributed by atoms with Crippen LogP contribution in [0.2, 0.25) is 0 Å². The van der Waals surface area contributed by atoms with Crippen LogP contribution < -0.4 is 0 Å². The summed E-state index contributed by atoms with van der Waals surface area (Å²) in [4.78, 5) is 12.8. The zero-order valence-corrected chi connectivity index (χ0v) is 12.4. The van der Waals surface area contributed by atoms with Crippen LogP contribution in [0.3, 0.4) is 0 Å². The highest BCUT2D eigenvalue weighted by atomic mass is 32.1. The highest BCUT2D eigenvalue weighted by Gasteiger charge is 2.25. The number of benzene rings is 2. The molecule has 3 heteroatoms. The Morgan fingerprint density at radius 2 is 1.86 bits per heavy atom. The minimum absolute atomic E-state index is 0.121. The standard InChI is InChI=1S/C18H13NOS/c1-12-6-2-3-7-13(12)15(10-19)18(20)16-11-21-17-9-5-4-8-14(16)17/h2-9,11,15H,1H3. The molecule has 0 N–H and O–H groups in total. The molecule has 1 heterocycles. The number of fused-ring (bicyclic) bond motifs is 1.